The molecular formula is C20H23ClN2O4S. The summed E-state index contributed by atoms with van der Waals surface area (Å²) in [5.41, 5.74) is 0.713. The fourth-order valence-electron chi connectivity index (χ4n) is 3.21. The molecule has 1 amide bonds. The van der Waals surface area contributed by atoms with Crippen LogP contribution in [-0.2, 0) is 10.0 Å². The highest BCUT2D eigenvalue weighted by molar-refractivity contribution is 7.89. The number of nitrogens with zero attached hydrogens (tertiary/aromatic N) is 1. The fraction of sp³-hybridized carbons (Fsp3) is 0.350. The van der Waals surface area contributed by atoms with Crippen LogP contribution in [0.3, 0.4) is 0 Å². The minimum Gasteiger partial charge on any atom is -0.495 e. The van der Waals surface area contributed by atoms with Crippen molar-refractivity contribution in [1.82, 2.24) is 4.31 Å². The molecule has 1 fully saturated rings. The standard InChI is InChI=1S/C20H23ClN2O4S/c1-27-18-9-5-4-8-17(18)22-20(24)15-10-11-16(21)19(14-15)28(25,26)23-12-6-2-3-7-13-23/h4-5,8-11,14H,2-3,6-7,12-13H2,1H3,(H,22,24). The summed E-state index contributed by atoms with van der Waals surface area (Å²) in [6.07, 6.45) is 3.68. The number of carbonyl (C=O) groups is 1. The van der Waals surface area contributed by atoms with E-state index in [4.69, 9.17) is 16.3 Å². The number of hydrogen-bond acceptors (Lipinski definition) is 4. The third-order valence-electron chi connectivity index (χ3n) is 4.73. The molecule has 1 aliphatic heterocycles. The molecule has 0 aromatic heterocycles. The van der Waals surface area contributed by atoms with Crippen molar-refractivity contribution in [3.8, 4) is 5.75 Å². The van der Waals surface area contributed by atoms with Gasteiger partial charge in [-0.25, -0.2) is 8.42 Å². The predicted molar refractivity (Wildman–Crippen MR) is 110 cm³/mol. The van der Waals surface area contributed by atoms with E-state index in [1.165, 1.54) is 29.6 Å². The summed E-state index contributed by atoms with van der Waals surface area (Å²) in [4.78, 5) is 12.6. The third kappa shape index (κ3) is 4.48. The Morgan fingerprint density at radius 3 is 2.43 bits per heavy atom. The molecule has 28 heavy (non-hydrogen) atoms. The summed E-state index contributed by atoms with van der Waals surface area (Å²) in [5, 5.41) is 2.86. The van der Waals surface area contributed by atoms with Crippen molar-refractivity contribution in [2.45, 2.75) is 30.6 Å². The quantitative estimate of drug-likeness (QED) is 0.784. The van der Waals surface area contributed by atoms with E-state index in [0.717, 1.165) is 25.7 Å². The van der Waals surface area contributed by atoms with Crippen molar-refractivity contribution in [2.75, 3.05) is 25.5 Å². The van der Waals surface area contributed by atoms with Gasteiger partial charge in [0.1, 0.15) is 10.6 Å². The zero-order valence-electron chi connectivity index (χ0n) is 15.7. The van der Waals surface area contributed by atoms with E-state index in [1.807, 2.05) is 0 Å². The molecule has 0 saturated carbocycles. The van der Waals surface area contributed by atoms with Crippen molar-refractivity contribution >= 4 is 33.2 Å². The third-order valence-corrected chi connectivity index (χ3v) is 7.11. The van der Waals surface area contributed by atoms with Gasteiger partial charge in [-0.05, 0) is 43.2 Å². The molecule has 8 heteroatoms. The number of nitrogens with one attached hydrogen (secondary N) is 1. The lowest BCUT2D eigenvalue weighted by Crippen LogP contribution is -2.32. The van der Waals surface area contributed by atoms with Gasteiger partial charge >= 0.3 is 0 Å². The van der Waals surface area contributed by atoms with Crippen molar-refractivity contribution in [3.63, 3.8) is 0 Å². The number of rotatable bonds is 5. The van der Waals surface area contributed by atoms with Crippen molar-refractivity contribution in [2.24, 2.45) is 0 Å². The van der Waals surface area contributed by atoms with Crippen LogP contribution in [0.4, 0.5) is 5.69 Å². The first-order chi connectivity index (χ1) is 13.4. The van der Waals surface area contributed by atoms with Crippen molar-refractivity contribution in [3.05, 3.63) is 53.1 Å². The lowest BCUT2D eigenvalue weighted by molar-refractivity contribution is 0.102. The number of halogens is 1. The minimum absolute atomic E-state index is 0.0382. The Labute approximate surface area is 170 Å². The van der Waals surface area contributed by atoms with E-state index >= 15 is 0 Å². The number of carbonyl (C=O) groups excluding carboxylic acids is 1. The Hall–Kier alpha value is -2.09. The summed E-state index contributed by atoms with van der Waals surface area (Å²) in [6.45, 7) is 0.937. The molecule has 150 valence electrons. The number of methoxy groups -OCH3 is 1. The average molecular weight is 423 g/mol. The van der Waals surface area contributed by atoms with Gasteiger partial charge in [0, 0.05) is 18.7 Å². The van der Waals surface area contributed by atoms with E-state index in [9.17, 15) is 13.2 Å². The van der Waals surface area contributed by atoms with Crippen molar-refractivity contribution < 1.29 is 17.9 Å². The molecule has 2 aromatic rings. The lowest BCUT2D eigenvalue weighted by atomic mass is 10.2. The first kappa shape index (κ1) is 20.6. The smallest absolute Gasteiger partial charge is 0.255 e. The van der Waals surface area contributed by atoms with Gasteiger partial charge < -0.3 is 10.1 Å². The number of para-hydroxylation sites is 2. The SMILES string of the molecule is COc1ccccc1NC(=O)c1ccc(Cl)c(S(=O)(=O)N2CCCCCC2)c1. The van der Waals surface area contributed by atoms with Gasteiger partial charge in [0.25, 0.3) is 5.91 Å². The van der Waals surface area contributed by atoms with E-state index in [1.54, 1.807) is 24.3 Å². The number of sulfonamides is 1. The maximum absolute atomic E-state index is 13.1. The van der Waals surface area contributed by atoms with Gasteiger partial charge in [0.2, 0.25) is 10.0 Å². The molecule has 1 saturated heterocycles. The Bertz CT molecular complexity index is 954. The van der Waals surface area contributed by atoms with Gasteiger partial charge in [-0.3, -0.25) is 4.79 Å². The van der Waals surface area contributed by atoms with E-state index in [2.05, 4.69) is 5.32 Å². The number of anilines is 1. The molecule has 0 radical (unpaired) electrons. The Morgan fingerprint density at radius 1 is 1.07 bits per heavy atom. The van der Waals surface area contributed by atoms with Crippen LogP contribution in [0.25, 0.3) is 0 Å². The number of ether oxygens (including phenoxy) is 1. The molecule has 2 aromatic carbocycles. The molecule has 0 aliphatic carbocycles. The zero-order chi connectivity index (χ0) is 20.1. The Kier molecular flexibility index (Phi) is 6.59. The van der Waals surface area contributed by atoms with Crippen LogP contribution >= 0.6 is 11.6 Å². The molecule has 1 heterocycles. The van der Waals surface area contributed by atoms with Crippen LogP contribution in [-0.4, -0.2) is 38.8 Å². The second-order valence-corrected chi connectivity index (χ2v) is 8.93. The Morgan fingerprint density at radius 2 is 1.75 bits per heavy atom. The van der Waals surface area contributed by atoms with Crippen molar-refractivity contribution in [1.29, 1.82) is 0 Å². The van der Waals surface area contributed by atoms with Crippen LogP contribution in [0.2, 0.25) is 5.02 Å². The molecule has 0 unspecified atom stereocenters. The van der Waals surface area contributed by atoms with E-state index < -0.39 is 15.9 Å². The summed E-state index contributed by atoms with van der Waals surface area (Å²) < 4.78 is 32.9. The first-order valence-corrected chi connectivity index (χ1v) is 11.0. The lowest BCUT2D eigenvalue weighted by Gasteiger charge is -2.21. The monoisotopic (exact) mass is 422 g/mol. The highest BCUT2D eigenvalue weighted by atomic mass is 35.5. The molecule has 1 N–H and O–H groups in total. The molecule has 1 aliphatic rings. The summed E-state index contributed by atoms with van der Waals surface area (Å²) in [5.74, 6) is 0.0794. The minimum atomic E-state index is -3.76. The van der Waals surface area contributed by atoms with Crippen LogP contribution < -0.4 is 10.1 Å². The van der Waals surface area contributed by atoms with E-state index in [-0.39, 0.29) is 15.5 Å². The molecule has 0 bridgehead atoms. The maximum atomic E-state index is 13.1. The summed E-state index contributed by atoms with van der Waals surface area (Å²) in [7, 11) is -2.25. The summed E-state index contributed by atoms with van der Waals surface area (Å²) in [6, 6.07) is 11.3. The van der Waals surface area contributed by atoms with Crippen LogP contribution in [0, 0.1) is 0 Å². The second kappa shape index (κ2) is 8.94. The van der Waals surface area contributed by atoms with Crippen LogP contribution in [0.5, 0.6) is 5.75 Å². The average Bonchev–Trinajstić information content (AvgIpc) is 2.98. The first-order valence-electron chi connectivity index (χ1n) is 9.17. The largest absolute Gasteiger partial charge is 0.495 e. The normalized spacial score (nSPS) is 15.6. The maximum Gasteiger partial charge on any atom is 0.255 e. The topological polar surface area (TPSA) is 75.7 Å². The summed E-state index contributed by atoms with van der Waals surface area (Å²) >= 11 is 6.20. The van der Waals surface area contributed by atoms with Gasteiger partial charge in [-0.1, -0.05) is 36.6 Å². The van der Waals surface area contributed by atoms with Crippen LogP contribution in [0.1, 0.15) is 36.0 Å². The van der Waals surface area contributed by atoms with Gasteiger partial charge in [-0.15, -0.1) is 0 Å². The molecule has 3 rings (SSSR count). The predicted octanol–water partition coefficient (Wildman–Crippen LogP) is 4.17. The fourth-order valence-corrected chi connectivity index (χ4v) is 5.22. The van der Waals surface area contributed by atoms with Crippen LogP contribution in [0.15, 0.2) is 47.4 Å². The highest BCUT2D eigenvalue weighted by Gasteiger charge is 2.28. The molecule has 0 spiro atoms. The number of amides is 1. The highest BCUT2D eigenvalue weighted by Crippen LogP contribution is 2.29. The van der Waals surface area contributed by atoms with E-state index in [0.29, 0.717) is 24.5 Å². The Balaban J connectivity index is 1.89. The number of benzene rings is 2. The second-order valence-electron chi connectivity index (χ2n) is 6.62. The number of hydrogen-bond donors (Lipinski definition) is 1. The van der Waals surface area contributed by atoms with Gasteiger partial charge in [0.15, 0.2) is 0 Å². The zero-order valence-corrected chi connectivity index (χ0v) is 17.2. The molecule has 6 nitrogen and oxygen atoms in total. The molecule has 0 atom stereocenters. The van der Waals surface area contributed by atoms with Gasteiger partial charge in [-0.2, -0.15) is 4.31 Å². The molecular weight excluding hydrogens is 400 g/mol. The van der Waals surface area contributed by atoms with Gasteiger partial charge in [0.05, 0.1) is 17.8 Å².